The standard InChI is InChI=1S/C26H18N.C24BF20/c1-2-9-24-18(5-1)8-4-16-27(24)17-22-13-12-21-11-10-19-6-3-7-20-14-15-23(22)26(21)25(19)20;26-5-1(6(27)14(35)21(42)13(5)34)25(2-7(28)15(36)22(43)16(37)8(2)29,3-9(30)17(38)23(44)18(39)10(3)31)4-11(32)19(40)24(45)20(41)12(4)33/h1-16H,17H2;/q+1;-1. The second kappa shape index (κ2) is 17.7. The Labute approximate surface area is 388 Å². The largest absolute Gasteiger partial charge is 0.212 e. The number of nitrogens with zero attached hydrogens (tertiary/aromatic N) is 1. The molecule has 0 N–H and O–H groups in total. The Morgan fingerprint density at radius 3 is 0.986 bits per heavy atom. The lowest BCUT2D eigenvalue weighted by Gasteiger charge is -2.44. The maximum absolute atomic E-state index is 15.4. The molecule has 1 aromatic heterocycles. The quantitative estimate of drug-likeness (QED) is 0.0390. The van der Waals surface area contributed by atoms with Crippen LogP contribution in [0, 0.1) is 116 Å². The molecule has 0 atom stereocenters. The third kappa shape index (κ3) is 6.99. The summed E-state index contributed by atoms with van der Waals surface area (Å²) < 4.78 is 296. The van der Waals surface area contributed by atoms with Crippen molar-refractivity contribution in [2.24, 2.45) is 0 Å². The number of hydrogen-bond acceptors (Lipinski definition) is 0. The van der Waals surface area contributed by atoms with E-state index in [0.717, 1.165) is 6.54 Å². The number of hydrogen-bond donors (Lipinski definition) is 0. The van der Waals surface area contributed by atoms with Gasteiger partial charge in [-0.15, -0.1) is 21.9 Å². The summed E-state index contributed by atoms with van der Waals surface area (Å²) >= 11 is 0. The molecular weight excluding hydrogens is 1010 g/mol. The van der Waals surface area contributed by atoms with Crippen molar-refractivity contribution in [3.8, 4) is 0 Å². The van der Waals surface area contributed by atoms with E-state index in [9.17, 15) is 52.7 Å². The van der Waals surface area contributed by atoms with Gasteiger partial charge in [0, 0.05) is 23.1 Å². The Balaban J connectivity index is 0.000000199. The first-order valence-corrected chi connectivity index (χ1v) is 20.3. The number of benzene rings is 9. The van der Waals surface area contributed by atoms with E-state index < -0.39 is 144 Å². The number of fused-ring (bicyclic) bond motifs is 1. The third-order valence-electron chi connectivity index (χ3n) is 12.5. The molecule has 0 saturated heterocycles. The summed E-state index contributed by atoms with van der Waals surface area (Å²) in [6.07, 6.45) is -5.04. The molecule has 0 fully saturated rings. The molecule has 22 heteroatoms. The van der Waals surface area contributed by atoms with E-state index in [1.165, 1.54) is 48.8 Å². The highest BCUT2D eigenvalue weighted by Gasteiger charge is 2.52. The van der Waals surface area contributed by atoms with E-state index in [1.807, 2.05) is 0 Å². The van der Waals surface area contributed by atoms with Gasteiger partial charge < -0.3 is 0 Å². The minimum absolute atomic E-state index is 0.871. The van der Waals surface area contributed by atoms with Gasteiger partial charge in [0.15, 0.2) is 82.5 Å². The number of aromatic nitrogens is 1. The van der Waals surface area contributed by atoms with Gasteiger partial charge in [-0.3, -0.25) is 0 Å². The maximum Gasteiger partial charge on any atom is 0.212 e. The molecule has 10 rings (SSSR count). The first-order valence-electron chi connectivity index (χ1n) is 20.3. The molecule has 72 heavy (non-hydrogen) atoms. The molecular formula is C50H18BF20N. The van der Waals surface area contributed by atoms with Crippen LogP contribution in [0.2, 0.25) is 0 Å². The highest BCUT2D eigenvalue weighted by molar-refractivity contribution is 7.20. The fourth-order valence-corrected chi connectivity index (χ4v) is 9.35. The molecule has 1 nitrogen and oxygen atoms in total. The summed E-state index contributed by atoms with van der Waals surface area (Å²) in [5.74, 6) is -71.4. The van der Waals surface area contributed by atoms with E-state index in [-0.39, 0.29) is 0 Å². The molecule has 9 aromatic carbocycles. The van der Waals surface area contributed by atoms with Crippen LogP contribution in [0.1, 0.15) is 5.56 Å². The molecule has 0 aliphatic carbocycles. The fourth-order valence-electron chi connectivity index (χ4n) is 9.35. The molecule has 366 valence electrons. The maximum atomic E-state index is 15.4. The van der Waals surface area contributed by atoms with Gasteiger partial charge in [0.25, 0.3) is 0 Å². The topological polar surface area (TPSA) is 3.88 Å². The molecule has 0 saturated carbocycles. The van der Waals surface area contributed by atoms with Crippen molar-refractivity contribution < 1.29 is 92.4 Å². The third-order valence-corrected chi connectivity index (χ3v) is 12.5. The Bertz CT molecular complexity index is 3510. The Morgan fingerprint density at radius 2 is 0.583 bits per heavy atom. The molecule has 0 amide bonds. The number of pyridine rings is 1. The second-order valence-corrected chi connectivity index (χ2v) is 16.1. The van der Waals surface area contributed by atoms with Crippen LogP contribution in [0.3, 0.4) is 0 Å². The number of halogens is 20. The summed E-state index contributed by atoms with van der Waals surface area (Å²) in [4.78, 5) is 0. The van der Waals surface area contributed by atoms with Crippen molar-refractivity contribution in [2.75, 3.05) is 0 Å². The summed E-state index contributed by atoms with van der Waals surface area (Å²) in [6.45, 7) is 0.871. The van der Waals surface area contributed by atoms with Crippen LogP contribution in [0.15, 0.2) is 97.2 Å². The smallest absolute Gasteiger partial charge is 0.207 e. The molecule has 1 heterocycles. The van der Waals surface area contributed by atoms with E-state index in [1.54, 1.807) is 0 Å². The van der Waals surface area contributed by atoms with Crippen LogP contribution in [0.5, 0.6) is 0 Å². The summed E-state index contributed by atoms with van der Waals surface area (Å²) in [5.41, 5.74) is -11.7. The minimum Gasteiger partial charge on any atom is -0.207 e. The molecule has 0 aliphatic heterocycles. The summed E-state index contributed by atoms with van der Waals surface area (Å²) in [7, 11) is 0. The molecule has 0 bridgehead atoms. The molecule has 0 radical (unpaired) electrons. The Hall–Kier alpha value is -7.91. The van der Waals surface area contributed by atoms with E-state index >= 15 is 35.1 Å². The zero-order valence-electron chi connectivity index (χ0n) is 35.0. The monoisotopic (exact) mass is 1020 g/mol. The van der Waals surface area contributed by atoms with Gasteiger partial charge in [-0.1, -0.05) is 66.7 Å². The highest BCUT2D eigenvalue weighted by atomic mass is 19.2. The minimum atomic E-state index is -7.22. The highest BCUT2D eigenvalue weighted by Crippen LogP contribution is 2.36. The van der Waals surface area contributed by atoms with Crippen LogP contribution in [0.25, 0.3) is 43.2 Å². The number of para-hydroxylation sites is 1. The average Bonchev–Trinajstić information content (AvgIpc) is 3.38. The van der Waals surface area contributed by atoms with Crippen molar-refractivity contribution >= 4 is 71.2 Å². The SMILES string of the molecule is Fc1c(F)c(F)c([B-](c2c(F)c(F)c(F)c(F)c2F)(c2c(F)c(F)c(F)c(F)c2F)c2c(F)c(F)c(F)c(F)c2F)c(F)c1F.c1cc2ccc3ccc(C[n+]4cccc5ccccc54)c4ccc(c1)c2c34. The van der Waals surface area contributed by atoms with Gasteiger partial charge in [0.1, 0.15) is 52.7 Å². The van der Waals surface area contributed by atoms with Crippen LogP contribution in [-0.2, 0) is 6.54 Å². The predicted octanol–water partition coefficient (Wildman–Crippen LogP) is 11.9. The van der Waals surface area contributed by atoms with Gasteiger partial charge in [0.05, 0.1) is 0 Å². The van der Waals surface area contributed by atoms with Gasteiger partial charge in [-0.2, -0.15) is 4.57 Å². The second-order valence-electron chi connectivity index (χ2n) is 16.1. The summed E-state index contributed by atoms with van der Waals surface area (Å²) in [5, 5.41) is 9.37. The van der Waals surface area contributed by atoms with Gasteiger partial charge in [0.2, 0.25) is 5.52 Å². The van der Waals surface area contributed by atoms with Crippen LogP contribution in [-0.4, -0.2) is 6.15 Å². The van der Waals surface area contributed by atoms with Gasteiger partial charge in [-0.25, -0.2) is 87.8 Å². The van der Waals surface area contributed by atoms with E-state index in [4.69, 9.17) is 0 Å². The normalized spacial score (nSPS) is 11.9. The lowest BCUT2D eigenvalue weighted by Crippen LogP contribution is -2.81. The van der Waals surface area contributed by atoms with E-state index in [2.05, 4.69) is 102 Å². The van der Waals surface area contributed by atoms with Gasteiger partial charge >= 0.3 is 0 Å². The number of rotatable bonds is 6. The average molecular weight is 1020 g/mol. The van der Waals surface area contributed by atoms with Crippen LogP contribution < -0.4 is 26.4 Å². The van der Waals surface area contributed by atoms with Crippen molar-refractivity contribution in [1.82, 2.24) is 0 Å². The zero-order chi connectivity index (χ0) is 52.2. The van der Waals surface area contributed by atoms with Crippen molar-refractivity contribution in [3.05, 3.63) is 219 Å². The van der Waals surface area contributed by atoms with E-state index in [0.29, 0.717) is 0 Å². The lowest BCUT2D eigenvalue weighted by atomic mass is 9.12. The van der Waals surface area contributed by atoms with Crippen LogP contribution in [0.4, 0.5) is 87.8 Å². The molecule has 10 aromatic rings. The van der Waals surface area contributed by atoms with Crippen molar-refractivity contribution in [1.29, 1.82) is 0 Å². The molecule has 0 spiro atoms. The Morgan fingerprint density at radius 1 is 0.278 bits per heavy atom. The van der Waals surface area contributed by atoms with Crippen molar-refractivity contribution in [2.45, 2.75) is 6.54 Å². The van der Waals surface area contributed by atoms with Crippen LogP contribution >= 0.6 is 0 Å². The Kier molecular flexibility index (Phi) is 12.1. The lowest BCUT2D eigenvalue weighted by molar-refractivity contribution is -0.662. The molecule has 0 unspecified atom stereocenters. The first-order chi connectivity index (χ1) is 34.1. The van der Waals surface area contributed by atoms with Gasteiger partial charge in [-0.05, 0) is 44.5 Å². The van der Waals surface area contributed by atoms with Crippen molar-refractivity contribution in [3.63, 3.8) is 0 Å². The molecule has 0 aliphatic rings. The zero-order valence-corrected chi connectivity index (χ0v) is 35.0. The fraction of sp³-hybridized carbons (Fsp3) is 0.0200. The summed E-state index contributed by atoms with van der Waals surface area (Å²) in [6, 6.07) is 33.1. The predicted molar refractivity (Wildman–Crippen MR) is 223 cm³/mol. The first kappa shape index (κ1) is 49.1.